The zero-order valence-electron chi connectivity index (χ0n) is 16.8. The lowest BCUT2D eigenvalue weighted by Crippen LogP contribution is -2.46. The summed E-state index contributed by atoms with van der Waals surface area (Å²) in [4.78, 5) is 14.9. The van der Waals surface area contributed by atoms with Gasteiger partial charge in [0.1, 0.15) is 11.5 Å². The van der Waals surface area contributed by atoms with Gasteiger partial charge < -0.3 is 14.8 Å². The number of amides is 1. The first-order valence-corrected chi connectivity index (χ1v) is 9.14. The normalized spacial score (nSPS) is 14.7. The Balaban J connectivity index is 2.85. The van der Waals surface area contributed by atoms with E-state index in [2.05, 4.69) is 37.9 Å². The van der Waals surface area contributed by atoms with E-state index >= 15 is 0 Å². The van der Waals surface area contributed by atoms with E-state index in [1.54, 1.807) is 14.2 Å². The number of carbonyl (C=O) groups excluding carboxylic acids is 1. The standard InChI is InChI=1S/C20H34N2O3/c1-8-14(3)22(15(4)9-2)13-20(23)21-16(5)18-12-17(24-6)10-11-19(18)25-7/h10-12,14-16H,8-9,13H2,1-7H3,(H,21,23)/t14-,15-,16+/m0/s1. The lowest BCUT2D eigenvalue weighted by Gasteiger charge is -2.33. The van der Waals surface area contributed by atoms with Crippen LogP contribution >= 0.6 is 0 Å². The van der Waals surface area contributed by atoms with Crippen molar-refractivity contribution in [2.75, 3.05) is 20.8 Å². The average molecular weight is 351 g/mol. The number of hydrogen-bond donors (Lipinski definition) is 1. The molecule has 0 saturated heterocycles. The lowest BCUT2D eigenvalue weighted by molar-refractivity contribution is -0.124. The Kier molecular flexibility index (Phi) is 8.76. The van der Waals surface area contributed by atoms with Crippen LogP contribution in [0.3, 0.4) is 0 Å². The van der Waals surface area contributed by atoms with Crippen LogP contribution in [0.2, 0.25) is 0 Å². The van der Waals surface area contributed by atoms with Crippen LogP contribution in [0, 0.1) is 0 Å². The maximum Gasteiger partial charge on any atom is 0.234 e. The van der Waals surface area contributed by atoms with Crippen LogP contribution in [0.4, 0.5) is 0 Å². The van der Waals surface area contributed by atoms with E-state index in [1.165, 1.54) is 0 Å². The molecule has 0 aliphatic carbocycles. The van der Waals surface area contributed by atoms with E-state index in [0.717, 1.165) is 29.9 Å². The Morgan fingerprint density at radius 2 is 1.68 bits per heavy atom. The van der Waals surface area contributed by atoms with Crippen molar-refractivity contribution >= 4 is 5.91 Å². The summed E-state index contributed by atoms with van der Waals surface area (Å²) in [6, 6.07) is 6.22. The smallest absolute Gasteiger partial charge is 0.234 e. The van der Waals surface area contributed by atoms with Gasteiger partial charge in [-0.2, -0.15) is 0 Å². The number of benzene rings is 1. The molecule has 142 valence electrons. The Labute approximate surface area is 152 Å². The third-order valence-corrected chi connectivity index (χ3v) is 4.92. The van der Waals surface area contributed by atoms with E-state index in [9.17, 15) is 4.79 Å². The molecule has 1 aromatic rings. The predicted octanol–water partition coefficient (Wildman–Crippen LogP) is 3.78. The van der Waals surface area contributed by atoms with Crippen molar-refractivity contribution in [1.29, 1.82) is 0 Å². The predicted molar refractivity (Wildman–Crippen MR) is 102 cm³/mol. The highest BCUT2D eigenvalue weighted by Gasteiger charge is 2.22. The van der Waals surface area contributed by atoms with Crippen molar-refractivity contribution in [3.05, 3.63) is 23.8 Å². The molecule has 1 amide bonds. The summed E-state index contributed by atoms with van der Waals surface area (Å²) in [6.45, 7) is 11.0. The van der Waals surface area contributed by atoms with Crippen molar-refractivity contribution in [2.45, 2.75) is 65.6 Å². The second-order valence-electron chi connectivity index (χ2n) is 6.58. The second kappa shape index (κ2) is 10.3. The third-order valence-electron chi connectivity index (χ3n) is 4.92. The van der Waals surface area contributed by atoms with Gasteiger partial charge in [0.25, 0.3) is 0 Å². The molecule has 0 radical (unpaired) electrons. The highest BCUT2D eigenvalue weighted by atomic mass is 16.5. The fourth-order valence-corrected chi connectivity index (χ4v) is 2.92. The van der Waals surface area contributed by atoms with Crippen LogP contribution in [0.15, 0.2) is 18.2 Å². The van der Waals surface area contributed by atoms with Crippen molar-refractivity contribution in [3.63, 3.8) is 0 Å². The highest BCUT2D eigenvalue weighted by molar-refractivity contribution is 5.78. The van der Waals surface area contributed by atoms with Crippen LogP contribution in [0.5, 0.6) is 11.5 Å². The summed E-state index contributed by atoms with van der Waals surface area (Å²) in [5, 5.41) is 3.09. The number of nitrogens with one attached hydrogen (secondary N) is 1. The van der Waals surface area contributed by atoms with Crippen LogP contribution in [-0.2, 0) is 4.79 Å². The summed E-state index contributed by atoms with van der Waals surface area (Å²) in [6.07, 6.45) is 2.05. The van der Waals surface area contributed by atoms with Crippen molar-refractivity contribution < 1.29 is 14.3 Å². The zero-order valence-corrected chi connectivity index (χ0v) is 16.8. The van der Waals surface area contributed by atoms with E-state index < -0.39 is 0 Å². The molecule has 0 spiro atoms. The van der Waals surface area contributed by atoms with Gasteiger partial charge in [0.2, 0.25) is 5.91 Å². The molecule has 0 heterocycles. The Morgan fingerprint density at radius 1 is 1.08 bits per heavy atom. The molecule has 0 unspecified atom stereocenters. The van der Waals surface area contributed by atoms with E-state index in [0.29, 0.717) is 18.6 Å². The molecule has 5 heteroatoms. The van der Waals surface area contributed by atoms with Gasteiger partial charge in [0.15, 0.2) is 0 Å². The summed E-state index contributed by atoms with van der Waals surface area (Å²) < 4.78 is 10.7. The minimum absolute atomic E-state index is 0.0259. The van der Waals surface area contributed by atoms with Gasteiger partial charge in [-0.1, -0.05) is 13.8 Å². The molecular formula is C20H34N2O3. The van der Waals surface area contributed by atoms with Crippen molar-refractivity contribution in [2.24, 2.45) is 0 Å². The maximum absolute atomic E-state index is 12.6. The van der Waals surface area contributed by atoms with Crippen LogP contribution < -0.4 is 14.8 Å². The van der Waals surface area contributed by atoms with E-state index in [-0.39, 0.29) is 11.9 Å². The van der Waals surface area contributed by atoms with Crippen LogP contribution in [-0.4, -0.2) is 43.7 Å². The third kappa shape index (κ3) is 5.92. The van der Waals surface area contributed by atoms with Gasteiger partial charge in [-0.05, 0) is 51.8 Å². The fourth-order valence-electron chi connectivity index (χ4n) is 2.92. The number of carbonyl (C=O) groups is 1. The molecule has 0 fully saturated rings. The monoisotopic (exact) mass is 350 g/mol. The topological polar surface area (TPSA) is 50.8 Å². The number of hydrogen-bond acceptors (Lipinski definition) is 4. The molecular weight excluding hydrogens is 316 g/mol. The van der Waals surface area contributed by atoms with Gasteiger partial charge in [-0.15, -0.1) is 0 Å². The first kappa shape index (κ1) is 21.3. The number of nitrogens with zero attached hydrogens (tertiary/aromatic N) is 1. The first-order valence-electron chi connectivity index (χ1n) is 9.14. The molecule has 1 rings (SSSR count). The average Bonchev–Trinajstić information content (AvgIpc) is 2.63. The Bertz CT molecular complexity index is 538. The Hall–Kier alpha value is -1.75. The summed E-state index contributed by atoms with van der Waals surface area (Å²) in [7, 11) is 3.26. The highest BCUT2D eigenvalue weighted by Crippen LogP contribution is 2.29. The molecule has 1 N–H and O–H groups in total. The van der Waals surface area contributed by atoms with Crippen LogP contribution in [0.25, 0.3) is 0 Å². The molecule has 0 aliphatic heterocycles. The minimum atomic E-state index is -0.159. The summed E-state index contributed by atoms with van der Waals surface area (Å²) >= 11 is 0. The second-order valence-corrected chi connectivity index (χ2v) is 6.58. The minimum Gasteiger partial charge on any atom is -0.497 e. The summed E-state index contributed by atoms with van der Waals surface area (Å²) in [5.74, 6) is 1.52. The number of ether oxygens (including phenoxy) is 2. The van der Waals surface area contributed by atoms with Crippen molar-refractivity contribution in [3.8, 4) is 11.5 Å². The van der Waals surface area contributed by atoms with E-state index in [1.807, 2.05) is 25.1 Å². The van der Waals surface area contributed by atoms with Crippen LogP contribution in [0.1, 0.15) is 59.1 Å². The van der Waals surface area contributed by atoms with Crippen molar-refractivity contribution in [1.82, 2.24) is 10.2 Å². The van der Waals surface area contributed by atoms with Gasteiger partial charge in [-0.3, -0.25) is 9.69 Å². The Morgan fingerprint density at radius 3 is 2.16 bits per heavy atom. The molecule has 25 heavy (non-hydrogen) atoms. The van der Waals surface area contributed by atoms with Gasteiger partial charge in [-0.25, -0.2) is 0 Å². The number of rotatable bonds is 10. The van der Waals surface area contributed by atoms with Gasteiger partial charge in [0.05, 0.1) is 26.8 Å². The molecule has 1 aromatic carbocycles. The first-order chi connectivity index (χ1) is 11.9. The van der Waals surface area contributed by atoms with E-state index in [4.69, 9.17) is 9.47 Å². The molecule has 0 aromatic heterocycles. The molecule has 0 aliphatic rings. The lowest BCUT2D eigenvalue weighted by atomic mass is 10.1. The fraction of sp³-hybridized carbons (Fsp3) is 0.650. The number of methoxy groups -OCH3 is 2. The molecule has 3 atom stereocenters. The SMILES string of the molecule is CC[C@H](C)N(CC(=O)N[C@H](C)c1cc(OC)ccc1OC)[C@@H](C)CC. The quantitative estimate of drug-likeness (QED) is 0.698. The maximum atomic E-state index is 12.6. The largest absolute Gasteiger partial charge is 0.497 e. The van der Waals surface area contributed by atoms with Gasteiger partial charge >= 0.3 is 0 Å². The molecule has 5 nitrogen and oxygen atoms in total. The summed E-state index contributed by atoms with van der Waals surface area (Å²) in [5.41, 5.74) is 0.911. The zero-order chi connectivity index (χ0) is 19.0. The molecule has 0 bridgehead atoms. The van der Waals surface area contributed by atoms with Gasteiger partial charge in [0, 0.05) is 17.6 Å². The molecule has 0 saturated carbocycles.